The van der Waals surface area contributed by atoms with Gasteiger partial charge < -0.3 is 0 Å². The summed E-state index contributed by atoms with van der Waals surface area (Å²) in [6.45, 7) is 4.35. The Morgan fingerprint density at radius 3 is 2.83 bits per heavy atom. The summed E-state index contributed by atoms with van der Waals surface area (Å²) in [5.41, 5.74) is 4.12. The molecule has 0 saturated carbocycles. The van der Waals surface area contributed by atoms with E-state index in [0.29, 0.717) is 5.92 Å². The summed E-state index contributed by atoms with van der Waals surface area (Å²) in [6, 6.07) is 4.42. The zero-order valence-electron chi connectivity index (χ0n) is 7.26. The summed E-state index contributed by atoms with van der Waals surface area (Å²) in [4.78, 5) is 0. The third kappa shape index (κ3) is 1.13. The van der Waals surface area contributed by atoms with E-state index >= 15 is 0 Å². The Kier molecular flexibility index (Phi) is 1.84. The number of halogens is 1. The van der Waals surface area contributed by atoms with Crippen molar-refractivity contribution in [1.82, 2.24) is 0 Å². The monoisotopic (exact) mass is 222 g/mol. The Morgan fingerprint density at radius 2 is 2.08 bits per heavy atom. The van der Waals surface area contributed by atoms with Crippen LogP contribution in [0, 0.1) is 6.92 Å². The first-order valence-electron chi connectivity index (χ1n) is 4.17. The van der Waals surface area contributed by atoms with Crippen molar-refractivity contribution < 1.29 is 0 Å². The summed E-state index contributed by atoms with van der Waals surface area (Å²) >= 11 is 3.60. The summed E-state index contributed by atoms with van der Waals surface area (Å²) in [7, 11) is 0. The average molecular weight is 223 g/mol. The molecule has 0 aromatic heterocycles. The molecule has 0 radical (unpaired) electrons. The zero-order valence-corrected chi connectivity index (χ0v) is 8.85. The normalized spacial score (nSPS) is 19.8. The minimum atomic E-state index is 0.565. The fraction of sp³-hybridized carbons (Fsp3) is 0.273. The van der Waals surface area contributed by atoms with Gasteiger partial charge >= 0.3 is 0 Å². The quantitative estimate of drug-likeness (QED) is 0.625. The maximum absolute atomic E-state index is 3.60. The molecule has 1 heteroatoms. The molecule has 0 N–H and O–H groups in total. The minimum Gasteiger partial charge on any atom is -0.0766 e. The molecular formula is C11H11Br. The van der Waals surface area contributed by atoms with Gasteiger partial charge in [0.05, 0.1) is 0 Å². The van der Waals surface area contributed by atoms with E-state index in [2.05, 4.69) is 54.1 Å². The van der Waals surface area contributed by atoms with Gasteiger partial charge in [-0.3, -0.25) is 0 Å². The minimum absolute atomic E-state index is 0.565. The van der Waals surface area contributed by atoms with Crippen LogP contribution in [0.3, 0.4) is 0 Å². The number of aryl methyl sites for hydroxylation is 1. The van der Waals surface area contributed by atoms with Crippen LogP contribution in [0.2, 0.25) is 0 Å². The fourth-order valence-corrected chi connectivity index (χ4v) is 2.69. The molecule has 1 aromatic carbocycles. The standard InChI is InChI=1S/C11H11Br/c1-7-5-9-4-3-8(2)11(9)10(12)6-7/h3-6,8H,1-2H3. The Hall–Kier alpha value is -0.560. The van der Waals surface area contributed by atoms with Gasteiger partial charge in [0, 0.05) is 10.4 Å². The highest BCUT2D eigenvalue weighted by Gasteiger charge is 2.15. The molecule has 1 unspecified atom stereocenters. The summed E-state index contributed by atoms with van der Waals surface area (Å²) in [5.74, 6) is 0.565. The van der Waals surface area contributed by atoms with E-state index in [1.54, 1.807) is 0 Å². The van der Waals surface area contributed by atoms with Crippen molar-refractivity contribution in [3.63, 3.8) is 0 Å². The van der Waals surface area contributed by atoms with Crippen molar-refractivity contribution in [3.8, 4) is 0 Å². The van der Waals surface area contributed by atoms with Crippen molar-refractivity contribution in [2.24, 2.45) is 0 Å². The lowest BCUT2D eigenvalue weighted by Crippen LogP contribution is -1.90. The van der Waals surface area contributed by atoms with Crippen LogP contribution >= 0.6 is 15.9 Å². The van der Waals surface area contributed by atoms with Gasteiger partial charge in [0.2, 0.25) is 0 Å². The van der Waals surface area contributed by atoms with Crippen LogP contribution in [0.4, 0.5) is 0 Å². The second kappa shape index (κ2) is 2.74. The van der Waals surface area contributed by atoms with Crippen molar-refractivity contribution in [2.45, 2.75) is 19.8 Å². The number of allylic oxidation sites excluding steroid dienone is 1. The first kappa shape index (κ1) is 8.06. The van der Waals surface area contributed by atoms with Crippen LogP contribution in [0.15, 0.2) is 22.7 Å². The second-order valence-electron chi connectivity index (χ2n) is 3.40. The van der Waals surface area contributed by atoms with E-state index in [0.717, 1.165) is 0 Å². The van der Waals surface area contributed by atoms with Gasteiger partial charge in [0.15, 0.2) is 0 Å². The van der Waals surface area contributed by atoms with Gasteiger partial charge in [-0.2, -0.15) is 0 Å². The molecule has 0 spiro atoms. The number of hydrogen-bond donors (Lipinski definition) is 0. The molecule has 0 amide bonds. The van der Waals surface area contributed by atoms with Crippen LogP contribution in [0.5, 0.6) is 0 Å². The van der Waals surface area contributed by atoms with E-state index < -0.39 is 0 Å². The molecule has 0 aliphatic heterocycles. The van der Waals surface area contributed by atoms with E-state index in [1.807, 2.05) is 0 Å². The van der Waals surface area contributed by atoms with Gasteiger partial charge in [-0.1, -0.05) is 41.1 Å². The van der Waals surface area contributed by atoms with E-state index in [9.17, 15) is 0 Å². The number of hydrogen-bond acceptors (Lipinski definition) is 0. The molecule has 1 aromatic rings. The number of rotatable bonds is 0. The molecule has 0 heterocycles. The first-order valence-corrected chi connectivity index (χ1v) is 4.96. The van der Waals surface area contributed by atoms with Crippen LogP contribution in [-0.4, -0.2) is 0 Å². The first-order chi connectivity index (χ1) is 5.68. The molecule has 1 aliphatic rings. The Morgan fingerprint density at radius 1 is 1.33 bits per heavy atom. The fourth-order valence-electron chi connectivity index (χ4n) is 1.74. The van der Waals surface area contributed by atoms with Gasteiger partial charge in [-0.25, -0.2) is 0 Å². The molecule has 1 atom stereocenters. The molecule has 62 valence electrons. The maximum Gasteiger partial charge on any atom is 0.0221 e. The average Bonchev–Trinajstić information content (AvgIpc) is 2.31. The summed E-state index contributed by atoms with van der Waals surface area (Å²) < 4.78 is 1.25. The third-order valence-corrected chi connectivity index (χ3v) is 2.98. The Labute approximate surface area is 81.4 Å². The van der Waals surface area contributed by atoms with Crippen molar-refractivity contribution in [1.29, 1.82) is 0 Å². The SMILES string of the molecule is Cc1cc(Br)c2c(c1)C=CC2C. The van der Waals surface area contributed by atoms with Gasteiger partial charge in [-0.15, -0.1) is 0 Å². The highest BCUT2D eigenvalue weighted by Crippen LogP contribution is 2.36. The summed E-state index contributed by atoms with van der Waals surface area (Å²) in [5, 5.41) is 0. The van der Waals surface area contributed by atoms with E-state index in [4.69, 9.17) is 0 Å². The molecule has 2 rings (SSSR count). The molecular weight excluding hydrogens is 212 g/mol. The zero-order chi connectivity index (χ0) is 8.72. The predicted molar refractivity (Wildman–Crippen MR) is 56.3 cm³/mol. The Bertz CT molecular complexity index is 350. The van der Waals surface area contributed by atoms with Crippen molar-refractivity contribution >= 4 is 22.0 Å². The van der Waals surface area contributed by atoms with Crippen LogP contribution in [0.1, 0.15) is 29.5 Å². The highest BCUT2D eigenvalue weighted by atomic mass is 79.9. The highest BCUT2D eigenvalue weighted by molar-refractivity contribution is 9.10. The predicted octanol–water partition coefficient (Wildman–Crippen LogP) is 3.89. The molecule has 0 nitrogen and oxygen atoms in total. The largest absolute Gasteiger partial charge is 0.0766 e. The molecule has 12 heavy (non-hydrogen) atoms. The number of fused-ring (bicyclic) bond motifs is 1. The number of benzene rings is 1. The van der Waals surface area contributed by atoms with Crippen molar-refractivity contribution in [2.75, 3.05) is 0 Å². The Balaban J connectivity index is 2.66. The lowest BCUT2D eigenvalue weighted by Gasteiger charge is -2.08. The van der Waals surface area contributed by atoms with Gasteiger partial charge in [0.25, 0.3) is 0 Å². The third-order valence-electron chi connectivity index (χ3n) is 2.33. The van der Waals surface area contributed by atoms with Crippen LogP contribution in [-0.2, 0) is 0 Å². The topological polar surface area (TPSA) is 0 Å². The summed E-state index contributed by atoms with van der Waals surface area (Å²) in [6.07, 6.45) is 4.45. The van der Waals surface area contributed by atoms with Gasteiger partial charge in [-0.05, 0) is 29.7 Å². The smallest absolute Gasteiger partial charge is 0.0221 e. The lowest BCUT2D eigenvalue weighted by atomic mass is 10.0. The van der Waals surface area contributed by atoms with Crippen molar-refractivity contribution in [3.05, 3.63) is 39.4 Å². The molecule has 1 aliphatic carbocycles. The second-order valence-corrected chi connectivity index (χ2v) is 4.25. The van der Waals surface area contributed by atoms with Crippen LogP contribution < -0.4 is 0 Å². The molecule has 0 bridgehead atoms. The van der Waals surface area contributed by atoms with E-state index in [-0.39, 0.29) is 0 Å². The molecule has 0 fully saturated rings. The lowest BCUT2D eigenvalue weighted by molar-refractivity contribution is 0.980. The van der Waals surface area contributed by atoms with Crippen LogP contribution in [0.25, 0.3) is 6.08 Å². The molecule has 0 saturated heterocycles. The van der Waals surface area contributed by atoms with Gasteiger partial charge in [0.1, 0.15) is 0 Å². The maximum atomic E-state index is 3.60. The van der Waals surface area contributed by atoms with E-state index in [1.165, 1.54) is 21.2 Å².